The molecule has 0 radical (unpaired) electrons. The minimum absolute atomic E-state index is 0.0472. The highest BCUT2D eigenvalue weighted by Gasteiger charge is 2.21. The number of hydrogen-bond donors (Lipinski definition) is 1. The summed E-state index contributed by atoms with van der Waals surface area (Å²) in [5, 5.41) is 7.44. The molecule has 2 aromatic carbocycles. The van der Waals surface area contributed by atoms with E-state index in [1.54, 1.807) is 6.20 Å². The fourth-order valence-electron chi connectivity index (χ4n) is 4.19. The Morgan fingerprint density at radius 2 is 1.75 bits per heavy atom. The normalized spacial score (nSPS) is 13.8. The standard InChI is InChI=1S/C26H27N5O/c1-26(2,3)21-10-8-19(9-11-21)25(32)29-22-16-24(31-23(28-22)12-14-27-31)30-15-13-18-6-4-5-7-20(18)17-30/h4-12,14,16H,13,15,17H2,1-3H3,(H,28,29,32). The van der Waals surface area contributed by atoms with Gasteiger partial charge >= 0.3 is 0 Å². The lowest BCUT2D eigenvalue weighted by Crippen LogP contribution is -2.32. The molecule has 1 aliphatic rings. The first kappa shape index (κ1) is 20.2. The SMILES string of the molecule is CC(C)(C)c1ccc(C(=O)Nc2cc(N3CCc4ccccc4C3)n3nccc3n2)cc1. The van der Waals surface area contributed by atoms with Crippen LogP contribution >= 0.6 is 0 Å². The molecule has 2 aromatic heterocycles. The second-order valence-corrected chi connectivity index (χ2v) is 9.32. The molecular weight excluding hydrogens is 398 g/mol. The Kier molecular flexibility index (Phi) is 4.93. The Balaban J connectivity index is 1.43. The van der Waals surface area contributed by atoms with Gasteiger partial charge in [0.15, 0.2) is 5.65 Å². The third-order valence-corrected chi connectivity index (χ3v) is 6.05. The van der Waals surface area contributed by atoms with Crippen molar-refractivity contribution in [3.8, 4) is 0 Å². The highest BCUT2D eigenvalue weighted by molar-refractivity contribution is 6.04. The third-order valence-electron chi connectivity index (χ3n) is 6.05. The summed E-state index contributed by atoms with van der Waals surface area (Å²) < 4.78 is 1.84. The molecule has 4 aromatic rings. The molecule has 0 bridgehead atoms. The van der Waals surface area contributed by atoms with Gasteiger partial charge in [0.2, 0.25) is 0 Å². The predicted octanol–water partition coefficient (Wildman–Crippen LogP) is 4.84. The third kappa shape index (κ3) is 3.84. The van der Waals surface area contributed by atoms with Crippen molar-refractivity contribution in [2.75, 3.05) is 16.8 Å². The molecular formula is C26H27N5O. The van der Waals surface area contributed by atoms with Crippen LogP contribution in [-0.2, 0) is 18.4 Å². The highest BCUT2D eigenvalue weighted by Crippen LogP contribution is 2.27. The molecule has 0 aliphatic carbocycles. The number of nitrogens with one attached hydrogen (secondary N) is 1. The molecule has 1 amide bonds. The molecule has 0 spiro atoms. The number of carbonyl (C=O) groups excluding carboxylic acids is 1. The molecule has 3 heterocycles. The lowest BCUT2D eigenvalue weighted by Gasteiger charge is -2.30. The molecule has 32 heavy (non-hydrogen) atoms. The molecule has 1 aliphatic heterocycles. The number of fused-ring (bicyclic) bond motifs is 2. The van der Waals surface area contributed by atoms with Crippen molar-refractivity contribution >= 4 is 23.2 Å². The number of hydrogen-bond acceptors (Lipinski definition) is 4. The van der Waals surface area contributed by atoms with Crippen LogP contribution in [0.5, 0.6) is 0 Å². The van der Waals surface area contributed by atoms with Crippen LogP contribution in [0.3, 0.4) is 0 Å². The molecule has 0 fully saturated rings. The largest absolute Gasteiger partial charge is 0.352 e. The highest BCUT2D eigenvalue weighted by atomic mass is 16.1. The molecule has 0 saturated heterocycles. The smallest absolute Gasteiger partial charge is 0.256 e. The van der Waals surface area contributed by atoms with Gasteiger partial charge in [-0.3, -0.25) is 4.79 Å². The van der Waals surface area contributed by atoms with Crippen LogP contribution < -0.4 is 10.2 Å². The second kappa shape index (κ2) is 7.79. The van der Waals surface area contributed by atoms with E-state index in [4.69, 9.17) is 0 Å². The summed E-state index contributed by atoms with van der Waals surface area (Å²) in [5.41, 5.74) is 5.27. The molecule has 0 atom stereocenters. The van der Waals surface area contributed by atoms with Gasteiger partial charge in [-0.2, -0.15) is 9.61 Å². The van der Waals surface area contributed by atoms with Crippen LogP contribution in [0, 0.1) is 0 Å². The van der Waals surface area contributed by atoms with Crippen LogP contribution in [0.1, 0.15) is 47.8 Å². The maximum absolute atomic E-state index is 12.9. The quantitative estimate of drug-likeness (QED) is 0.510. The van der Waals surface area contributed by atoms with Crippen LogP contribution in [0.15, 0.2) is 66.9 Å². The van der Waals surface area contributed by atoms with Gasteiger partial charge in [-0.1, -0.05) is 57.2 Å². The van der Waals surface area contributed by atoms with E-state index in [9.17, 15) is 4.79 Å². The van der Waals surface area contributed by atoms with Crippen molar-refractivity contribution < 1.29 is 4.79 Å². The Labute approximate surface area is 187 Å². The maximum atomic E-state index is 12.9. The summed E-state index contributed by atoms with van der Waals surface area (Å²) in [6.45, 7) is 8.17. The molecule has 5 rings (SSSR count). The zero-order chi connectivity index (χ0) is 22.3. The van der Waals surface area contributed by atoms with Crippen molar-refractivity contribution in [1.82, 2.24) is 14.6 Å². The zero-order valence-corrected chi connectivity index (χ0v) is 18.7. The minimum Gasteiger partial charge on any atom is -0.352 e. The van der Waals surface area contributed by atoms with Crippen LogP contribution in [0.2, 0.25) is 0 Å². The monoisotopic (exact) mass is 425 g/mol. The molecule has 6 heteroatoms. The molecule has 0 unspecified atom stereocenters. The topological polar surface area (TPSA) is 62.5 Å². The number of carbonyl (C=O) groups is 1. The summed E-state index contributed by atoms with van der Waals surface area (Å²) in [4.78, 5) is 19.8. The predicted molar refractivity (Wildman–Crippen MR) is 127 cm³/mol. The van der Waals surface area contributed by atoms with Gasteiger partial charge in [0.05, 0.1) is 6.20 Å². The van der Waals surface area contributed by atoms with Gasteiger partial charge in [0.25, 0.3) is 5.91 Å². The van der Waals surface area contributed by atoms with Gasteiger partial charge < -0.3 is 10.2 Å². The first-order valence-corrected chi connectivity index (χ1v) is 11.0. The lowest BCUT2D eigenvalue weighted by atomic mass is 9.87. The van der Waals surface area contributed by atoms with Gasteiger partial charge in [-0.15, -0.1) is 0 Å². The second-order valence-electron chi connectivity index (χ2n) is 9.32. The van der Waals surface area contributed by atoms with Crippen molar-refractivity contribution in [3.63, 3.8) is 0 Å². The zero-order valence-electron chi connectivity index (χ0n) is 18.7. The molecule has 0 saturated carbocycles. The van der Waals surface area contributed by atoms with E-state index in [1.807, 2.05) is 40.9 Å². The Morgan fingerprint density at radius 3 is 2.50 bits per heavy atom. The molecule has 162 valence electrons. The first-order valence-electron chi connectivity index (χ1n) is 11.0. The summed E-state index contributed by atoms with van der Waals surface area (Å²) in [6.07, 6.45) is 2.71. The van der Waals surface area contributed by atoms with Crippen LogP contribution in [0.4, 0.5) is 11.6 Å². The average Bonchev–Trinajstić information content (AvgIpc) is 3.26. The maximum Gasteiger partial charge on any atom is 0.256 e. The van der Waals surface area contributed by atoms with Crippen LogP contribution in [-0.4, -0.2) is 27.0 Å². The number of aromatic nitrogens is 3. The van der Waals surface area contributed by atoms with E-state index in [2.05, 4.69) is 65.3 Å². The summed E-state index contributed by atoms with van der Waals surface area (Å²) in [5.74, 6) is 1.28. The van der Waals surface area contributed by atoms with Crippen molar-refractivity contribution in [3.05, 3.63) is 89.1 Å². The molecule has 6 nitrogen and oxygen atoms in total. The number of anilines is 2. The van der Waals surface area contributed by atoms with Crippen molar-refractivity contribution in [1.29, 1.82) is 0 Å². The van der Waals surface area contributed by atoms with E-state index in [0.717, 1.165) is 25.3 Å². The van der Waals surface area contributed by atoms with E-state index in [-0.39, 0.29) is 11.3 Å². The summed E-state index contributed by atoms with van der Waals surface area (Å²) in [7, 11) is 0. The first-order chi connectivity index (χ1) is 15.4. The minimum atomic E-state index is -0.170. The average molecular weight is 426 g/mol. The van der Waals surface area contributed by atoms with E-state index in [0.29, 0.717) is 17.0 Å². The van der Waals surface area contributed by atoms with Crippen LogP contribution in [0.25, 0.3) is 5.65 Å². The molecule has 1 N–H and O–H groups in total. The van der Waals surface area contributed by atoms with Crippen molar-refractivity contribution in [2.45, 2.75) is 39.2 Å². The van der Waals surface area contributed by atoms with Gasteiger partial charge in [0, 0.05) is 30.8 Å². The van der Waals surface area contributed by atoms with Gasteiger partial charge in [0.1, 0.15) is 11.6 Å². The van der Waals surface area contributed by atoms with Crippen molar-refractivity contribution in [2.24, 2.45) is 0 Å². The lowest BCUT2D eigenvalue weighted by molar-refractivity contribution is 0.102. The Hall–Kier alpha value is -3.67. The van der Waals surface area contributed by atoms with E-state index >= 15 is 0 Å². The van der Waals surface area contributed by atoms with E-state index < -0.39 is 0 Å². The number of nitrogens with zero attached hydrogens (tertiary/aromatic N) is 4. The number of amides is 1. The Morgan fingerprint density at radius 1 is 1.00 bits per heavy atom. The fraction of sp³-hybridized carbons (Fsp3) is 0.269. The number of rotatable bonds is 3. The van der Waals surface area contributed by atoms with Gasteiger partial charge in [-0.25, -0.2) is 4.98 Å². The van der Waals surface area contributed by atoms with Gasteiger partial charge in [-0.05, 0) is 40.7 Å². The summed E-state index contributed by atoms with van der Waals surface area (Å²) in [6, 6.07) is 20.1. The van der Waals surface area contributed by atoms with E-state index in [1.165, 1.54) is 16.7 Å². The fourth-order valence-corrected chi connectivity index (χ4v) is 4.19. The Bertz CT molecular complexity index is 1280. The summed E-state index contributed by atoms with van der Waals surface area (Å²) >= 11 is 0. The number of benzene rings is 2.